The zero-order chi connectivity index (χ0) is 19.8. The van der Waals surface area contributed by atoms with E-state index in [0.29, 0.717) is 23.7 Å². The minimum atomic E-state index is -0.858. The van der Waals surface area contributed by atoms with Crippen LogP contribution in [-0.4, -0.2) is 39.1 Å². The Balaban J connectivity index is 1.30. The summed E-state index contributed by atoms with van der Waals surface area (Å²) in [5.41, 5.74) is 2.66. The Kier molecular flexibility index (Phi) is 4.68. The van der Waals surface area contributed by atoms with Crippen molar-refractivity contribution >= 4 is 22.4 Å². The molecular formula is C24H25N3O2. The standard InChI is InChI=1S/C24H25N3O2/c28-24(29)17-4-1-3-16(11-17)15-27-20-7-8-21(27)13-19(12-20)26-23-6-2-5-18-14-25-10-9-22(18)23/h1-6,9-11,14,19-21,26H,7-8,12-13,15H2,(H,28,29). The number of benzene rings is 2. The molecule has 29 heavy (non-hydrogen) atoms. The van der Waals surface area contributed by atoms with Crippen LogP contribution in [0.15, 0.2) is 60.9 Å². The van der Waals surface area contributed by atoms with Gasteiger partial charge < -0.3 is 10.4 Å². The molecule has 148 valence electrons. The van der Waals surface area contributed by atoms with Gasteiger partial charge in [-0.25, -0.2) is 4.79 Å². The maximum atomic E-state index is 11.3. The Morgan fingerprint density at radius 3 is 2.69 bits per heavy atom. The molecule has 3 aromatic rings. The summed E-state index contributed by atoms with van der Waals surface area (Å²) in [4.78, 5) is 18.1. The molecule has 0 spiro atoms. The average Bonchev–Trinajstić information content (AvgIpc) is 2.96. The summed E-state index contributed by atoms with van der Waals surface area (Å²) in [6, 6.07) is 17.4. The molecule has 2 saturated heterocycles. The van der Waals surface area contributed by atoms with Gasteiger partial charge in [-0.3, -0.25) is 9.88 Å². The highest BCUT2D eigenvalue weighted by molar-refractivity contribution is 5.93. The van der Waals surface area contributed by atoms with E-state index in [4.69, 9.17) is 0 Å². The van der Waals surface area contributed by atoms with Crippen molar-refractivity contribution in [3.05, 3.63) is 72.1 Å². The normalized spacial score (nSPS) is 23.9. The molecule has 5 heteroatoms. The van der Waals surface area contributed by atoms with E-state index >= 15 is 0 Å². The molecule has 3 heterocycles. The summed E-state index contributed by atoms with van der Waals surface area (Å²) in [5.74, 6) is -0.858. The SMILES string of the molecule is O=C(O)c1cccc(CN2C3CCC2CC(Nc2cccc4cnccc24)C3)c1. The number of nitrogens with one attached hydrogen (secondary N) is 1. The molecule has 0 aliphatic carbocycles. The van der Waals surface area contributed by atoms with Crippen molar-refractivity contribution in [1.82, 2.24) is 9.88 Å². The fourth-order valence-corrected chi connectivity index (χ4v) is 5.13. The van der Waals surface area contributed by atoms with Crippen molar-refractivity contribution in [3.63, 3.8) is 0 Å². The first-order valence-electron chi connectivity index (χ1n) is 10.3. The van der Waals surface area contributed by atoms with Crippen molar-refractivity contribution in [1.29, 1.82) is 0 Å². The predicted octanol–water partition coefficient (Wildman–Crippen LogP) is 4.54. The van der Waals surface area contributed by atoms with Crippen molar-refractivity contribution in [2.24, 2.45) is 0 Å². The first kappa shape index (κ1) is 18.1. The lowest BCUT2D eigenvalue weighted by Crippen LogP contribution is -2.46. The lowest BCUT2D eigenvalue weighted by molar-refractivity contribution is 0.0696. The average molecular weight is 387 g/mol. The van der Waals surface area contributed by atoms with Crippen LogP contribution in [0.25, 0.3) is 10.8 Å². The van der Waals surface area contributed by atoms with E-state index in [1.54, 1.807) is 6.07 Å². The molecule has 2 aliphatic rings. The summed E-state index contributed by atoms with van der Waals surface area (Å²) < 4.78 is 0. The van der Waals surface area contributed by atoms with Crippen LogP contribution in [0.4, 0.5) is 5.69 Å². The number of fused-ring (bicyclic) bond motifs is 3. The quantitative estimate of drug-likeness (QED) is 0.673. The summed E-state index contributed by atoms with van der Waals surface area (Å²) in [6.07, 6.45) is 8.46. The van der Waals surface area contributed by atoms with Crippen LogP contribution in [-0.2, 0) is 6.54 Å². The molecule has 5 rings (SSSR count). The number of aromatic nitrogens is 1. The Hall–Kier alpha value is -2.92. The number of rotatable bonds is 5. The number of carbonyl (C=O) groups is 1. The van der Waals surface area contributed by atoms with Gasteiger partial charge in [0.05, 0.1) is 5.56 Å². The highest BCUT2D eigenvalue weighted by atomic mass is 16.4. The van der Waals surface area contributed by atoms with Gasteiger partial charge in [-0.15, -0.1) is 0 Å². The van der Waals surface area contributed by atoms with Gasteiger partial charge in [0.15, 0.2) is 0 Å². The number of hydrogen-bond donors (Lipinski definition) is 2. The zero-order valence-electron chi connectivity index (χ0n) is 16.3. The zero-order valence-corrected chi connectivity index (χ0v) is 16.3. The summed E-state index contributed by atoms with van der Waals surface area (Å²) in [7, 11) is 0. The Labute approximate surface area is 170 Å². The molecule has 2 aliphatic heterocycles. The van der Waals surface area contributed by atoms with Gasteiger partial charge >= 0.3 is 5.97 Å². The molecule has 5 nitrogen and oxygen atoms in total. The van der Waals surface area contributed by atoms with Crippen molar-refractivity contribution in [3.8, 4) is 0 Å². The molecule has 0 saturated carbocycles. The highest BCUT2D eigenvalue weighted by Crippen LogP contribution is 2.38. The molecule has 2 aromatic carbocycles. The van der Waals surface area contributed by atoms with Crippen molar-refractivity contribution in [2.75, 3.05) is 5.32 Å². The molecule has 2 atom stereocenters. The molecule has 2 N–H and O–H groups in total. The van der Waals surface area contributed by atoms with Crippen LogP contribution in [0.5, 0.6) is 0 Å². The summed E-state index contributed by atoms with van der Waals surface area (Å²) in [5, 5.41) is 15.4. The van der Waals surface area contributed by atoms with E-state index in [1.165, 1.54) is 23.9 Å². The monoisotopic (exact) mass is 387 g/mol. The third kappa shape index (κ3) is 3.58. The number of pyridine rings is 1. The molecular weight excluding hydrogens is 362 g/mol. The molecule has 2 fully saturated rings. The van der Waals surface area contributed by atoms with Crippen LogP contribution in [0.2, 0.25) is 0 Å². The molecule has 0 radical (unpaired) electrons. The Bertz CT molecular complexity index is 1030. The molecule has 2 bridgehead atoms. The Morgan fingerprint density at radius 2 is 1.90 bits per heavy atom. The van der Waals surface area contributed by atoms with Crippen LogP contribution < -0.4 is 5.32 Å². The van der Waals surface area contributed by atoms with Gasteiger partial charge in [-0.2, -0.15) is 0 Å². The first-order chi connectivity index (χ1) is 14.2. The molecule has 1 aromatic heterocycles. The third-order valence-electron chi connectivity index (χ3n) is 6.46. The largest absolute Gasteiger partial charge is 0.478 e. The van der Waals surface area contributed by atoms with E-state index in [-0.39, 0.29) is 0 Å². The number of carboxylic acid groups (broad SMARTS) is 1. The van der Waals surface area contributed by atoms with Gasteiger partial charge in [0.25, 0.3) is 0 Å². The number of anilines is 1. The number of piperidine rings is 1. The van der Waals surface area contributed by atoms with Gasteiger partial charge in [-0.1, -0.05) is 24.3 Å². The van der Waals surface area contributed by atoms with Crippen LogP contribution in [0.1, 0.15) is 41.6 Å². The Morgan fingerprint density at radius 1 is 1.10 bits per heavy atom. The van der Waals surface area contributed by atoms with Crippen LogP contribution in [0, 0.1) is 0 Å². The van der Waals surface area contributed by atoms with E-state index in [2.05, 4.69) is 39.5 Å². The number of carboxylic acids is 1. The van der Waals surface area contributed by atoms with E-state index in [9.17, 15) is 9.90 Å². The van der Waals surface area contributed by atoms with Gasteiger partial charge in [-0.05, 0) is 55.5 Å². The predicted molar refractivity (Wildman–Crippen MR) is 114 cm³/mol. The van der Waals surface area contributed by atoms with Crippen molar-refractivity contribution < 1.29 is 9.90 Å². The second-order valence-electron chi connectivity index (χ2n) is 8.28. The first-order valence-corrected chi connectivity index (χ1v) is 10.3. The lowest BCUT2D eigenvalue weighted by Gasteiger charge is -2.39. The smallest absolute Gasteiger partial charge is 0.335 e. The number of aromatic carboxylic acids is 1. The van der Waals surface area contributed by atoms with Crippen molar-refractivity contribution in [2.45, 2.75) is 50.4 Å². The summed E-state index contributed by atoms with van der Waals surface area (Å²) >= 11 is 0. The molecule has 0 amide bonds. The fraction of sp³-hybridized carbons (Fsp3) is 0.333. The lowest BCUT2D eigenvalue weighted by atomic mass is 9.95. The van der Waals surface area contributed by atoms with Gasteiger partial charge in [0.1, 0.15) is 0 Å². The minimum absolute atomic E-state index is 0.372. The number of nitrogens with zero attached hydrogens (tertiary/aromatic N) is 2. The molecule has 2 unspecified atom stereocenters. The second-order valence-corrected chi connectivity index (χ2v) is 8.28. The van der Waals surface area contributed by atoms with Crippen LogP contribution >= 0.6 is 0 Å². The fourth-order valence-electron chi connectivity index (χ4n) is 5.13. The highest BCUT2D eigenvalue weighted by Gasteiger charge is 2.40. The van der Waals surface area contributed by atoms with E-state index < -0.39 is 5.97 Å². The van der Waals surface area contributed by atoms with E-state index in [1.807, 2.05) is 30.6 Å². The second kappa shape index (κ2) is 7.48. The van der Waals surface area contributed by atoms with Gasteiger partial charge in [0, 0.05) is 53.5 Å². The maximum Gasteiger partial charge on any atom is 0.335 e. The minimum Gasteiger partial charge on any atom is -0.478 e. The topological polar surface area (TPSA) is 65.5 Å². The van der Waals surface area contributed by atoms with E-state index in [0.717, 1.165) is 30.3 Å². The summed E-state index contributed by atoms with van der Waals surface area (Å²) in [6.45, 7) is 0.836. The van der Waals surface area contributed by atoms with Crippen LogP contribution in [0.3, 0.4) is 0 Å². The number of hydrogen-bond acceptors (Lipinski definition) is 4. The van der Waals surface area contributed by atoms with Gasteiger partial charge in [0.2, 0.25) is 0 Å². The maximum absolute atomic E-state index is 11.3. The third-order valence-corrected chi connectivity index (χ3v) is 6.46.